The normalized spacial score (nSPS) is 11.1. The van der Waals surface area contributed by atoms with Crippen molar-refractivity contribution in [3.8, 4) is 11.1 Å². The maximum Gasteiger partial charge on any atom is 0.348 e. The van der Waals surface area contributed by atoms with Gasteiger partial charge < -0.3 is 4.74 Å². The summed E-state index contributed by atoms with van der Waals surface area (Å²) in [7, 11) is 1.42. The second-order valence-electron chi connectivity index (χ2n) is 6.46. The lowest BCUT2D eigenvalue weighted by Gasteiger charge is -2.06. The zero-order chi connectivity index (χ0) is 19.0. The van der Waals surface area contributed by atoms with Gasteiger partial charge in [0.2, 0.25) is 0 Å². The number of aryl methyl sites for hydroxylation is 2. The van der Waals surface area contributed by atoms with Gasteiger partial charge in [0, 0.05) is 22.1 Å². The molecule has 6 nitrogen and oxygen atoms in total. The number of carbonyl (C=O) groups excluding carboxylic acids is 1. The molecule has 0 unspecified atom stereocenters. The van der Waals surface area contributed by atoms with Crippen molar-refractivity contribution in [3.63, 3.8) is 0 Å². The molecular weight excluding hydrogens is 360 g/mol. The highest BCUT2D eigenvalue weighted by Crippen LogP contribution is 2.41. The molecule has 0 fully saturated rings. The van der Waals surface area contributed by atoms with Crippen LogP contribution in [0.4, 0.5) is 0 Å². The Morgan fingerprint density at radius 3 is 2.63 bits per heavy atom. The molecule has 1 N–H and O–H groups in total. The number of rotatable bonds is 4. The molecule has 0 bridgehead atoms. The number of hydrogen-bond donors (Lipinski definition) is 1. The number of aromatic amines is 1. The Labute approximate surface area is 160 Å². The van der Waals surface area contributed by atoms with Crippen LogP contribution < -0.4 is 0 Å². The Bertz CT molecular complexity index is 1120. The number of aromatic nitrogens is 4. The van der Waals surface area contributed by atoms with Gasteiger partial charge in [-0.1, -0.05) is 41.1 Å². The van der Waals surface area contributed by atoms with Gasteiger partial charge in [0.05, 0.1) is 7.11 Å². The highest BCUT2D eigenvalue weighted by Gasteiger charge is 2.21. The largest absolute Gasteiger partial charge is 0.465 e. The molecule has 4 rings (SSSR count). The maximum absolute atomic E-state index is 12.4. The molecule has 2 aromatic carbocycles. The van der Waals surface area contributed by atoms with Gasteiger partial charge in [-0.25, -0.2) is 4.79 Å². The minimum atomic E-state index is -0.306. The van der Waals surface area contributed by atoms with Gasteiger partial charge in [0.25, 0.3) is 0 Å². The van der Waals surface area contributed by atoms with E-state index in [1.807, 2.05) is 24.3 Å². The fourth-order valence-corrected chi connectivity index (χ4v) is 4.49. The summed E-state index contributed by atoms with van der Waals surface area (Å²) in [6, 6.07) is 12.4. The van der Waals surface area contributed by atoms with E-state index in [0.717, 1.165) is 26.8 Å². The molecule has 2 heterocycles. The Morgan fingerprint density at radius 2 is 1.96 bits per heavy atom. The van der Waals surface area contributed by atoms with Crippen LogP contribution in [0.25, 0.3) is 21.2 Å². The molecular formula is C20H18N4O2S. The Morgan fingerprint density at radius 1 is 1.19 bits per heavy atom. The zero-order valence-electron chi connectivity index (χ0n) is 15.2. The fourth-order valence-electron chi connectivity index (χ4n) is 3.30. The molecule has 7 heteroatoms. The van der Waals surface area contributed by atoms with Gasteiger partial charge in [-0.15, -0.1) is 21.5 Å². The van der Waals surface area contributed by atoms with Crippen LogP contribution in [0.1, 0.15) is 32.2 Å². The van der Waals surface area contributed by atoms with Crippen molar-refractivity contribution in [2.24, 2.45) is 0 Å². The van der Waals surface area contributed by atoms with E-state index in [1.54, 1.807) is 0 Å². The predicted octanol–water partition coefficient (Wildman–Crippen LogP) is 4.08. The molecule has 136 valence electrons. The van der Waals surface area contributed by atoms with Crippen LogP contribution in [-0.2, 0) is 11.2 Å². The molecule has 0 amide bonds. The molecule has 27 heavy (non-hydrogen) atoms. The molecule has 4 aromatic rings. The number of thiophene rings is 1. The van der Waals surface area contributed by atoms with Crippen LogP contribution in [0.15, 0.2) is 36.4 Å². The van der Waals surface area contributed by atoms with E-state index in [-0.39, 0.29) is 5.97 Å². The first-order valence-electron chi connectivity index (χ1n) is 8.50. The molecule has 2 aromatic heterocycles. The monoisotopic (exact) mass is 378 g/mol. The number of hydrogen-bond acceptors (Lipinski definition) is 6. The van der Waals surface area contributed by atoms with E-state index >= 15 is 0 Å². The quantitative estimate of drug-likeness (QED) is 0.541. The summed E-state index contributed by atoms with van der Waals surface area (Å²) >= 11 is 1.49. The number of H-pyrrole nitrogens is 1. The SMILES string of the molecule is COC(=O)c1sc2c(C)cc(C)cc2c1-c1ccc(Cc2nn[nH]n2)cc1. The number of methoxy groups -OCH3 is 1. The lowest BCUT2D eigenvalue weighted by Crippen LogP contribution is -2.00. The van der Waals surface area contributed by atoms with Gasteiger partial charge in [-0.05, 0) is 36.6 Å². The van der Waals surface area contributed by atoms with Gasteiger partial charge in [0.15, 0.2) is 5.82 Å². The summed E-state index contributed by atoms with van der Waals surface area (Å²) in [4.78, 5) is 13.0. The van der Waals surface area contributed by atoms with E-state index in [1.165, 1.54) is 29.6 Å². The van der Waals surface area contributed by atoms with Crippen molar-refractivity contribution in [1.29, 1.82) is 0 Å². The first kappa shape index (κ1) is 17.4. The van der Waals surface area contributed by atoms with Gasteiger partial charge in [0.1, 0.15) is 4.88 Å². The first-order valence-corrected chi connectivity index (χ1v) is 9.32. The Balaban J connectivity index is 1.83. The number of nitrogens with one attached hydrogen (secondary N) is 1. The smallest absolute Gasteiger partial charge is 0.348 e. The molecule has 0 aliphatic rings. The average Bonchev–Trinajstić information content (AvgIpc) is 3.29. The number of ether oxygens (including phenoxy) is 1. The summed E-state index contributed by atoms with van der Waals surface area (Å²) in [5.41, 5.74) is 5.33. The highest BCUT2D eigenvalue weighted by atomic mass is 32.1. The number of carbonyl (C=O) groups is 1. The molecule has 0 atom stereocenters. The van der Waals surface area contributed by atoms with E-state index in [2.05, 4.69) is 46.6 Å². The minimum Gasteiger partial charge on any atom is -0.465 e. The fraction of sp³-hybridized carbons (Fsp3) is 0.200. The lowest BCUT2D eigenvalue weighted by atomic mass is 9.97. The number of fused-ring (bicyclic) bond motifs is 1. The van der Waals surface area contributed by atoms with Crippen LogP contribution >= 0.6 is 11.3 Å². The van der Waals surface area contributed by atoms with Crippen LogP contribution in [-0.4, -0.2) is 33.7 Å². The van der Waals surface area contributed by atoms with E-state index in [4.69, 9.17) is 4.74 Å². The van der Waals surface area contributed by atoms with Crippen molar-refractivity contribution >= 4 is 27.4 Å². The topological polar surface area (TPSA) is 80.8 Å². The molecule has 0 saturated heterocycles. The number of benzene rings is 2. The van der Waals surface area contributed by atoms with Crippen molar-refractivity contribution in [2.45, 2.75) is 20.3 Å². The third-order valence-corrected chi connectivity index (χ3v) is 5.81. The first-order chi connectivity index (χ1) is 13.1. The summed E-state index contributed by atoms with van der Waals surface area (Å²) < 4.78 is 6.15. The number of esters is 1. The third-order valence-electron chi connectivity index (χ3n) is 4.48. The van der Waals surface area contributed by atoms with Crippen molar-refractivity contribution in [2.75, 3.05) is 7.11 Å². The van der Waals surface area contributed by atoms with Gasteiger partial charge >= 0.3 is 5.97 Å². The number of tetrazole rings is 1. The predicted molar refractivity (Wildman–Crippen MR) is 105 cm³/mol. The van der Waals surface area contributed by atoms with E-state index in [0.29, 0.717) is 17.1 Å². The highest BCUT2D eigenvalue weighted by molar-refractivity contribution is 7.21. The van der Waals surface area contributed by atoms with Crippen LogP contribution in [0.3, 0.4) is 0 Å². The zero-order valence-corrected chi connectivity index (χ0v) is 16.1. The Kier molecular flexibility index (Phi) is 4.45. The minimum absolute atomic E-state index is 0.306. The average molecular weight is 378 g/mol. The van der Waals surface area contributed by atoms with E-state index in [9.17, 15) is 4.79 Å². The summed E-state index contributed by atoms with van der Waals surface area (Å²) in [5, 5.41) is 15.1. The molecule has 0 aliphatic heterocycles. The summed E-state index contributed by atoms with van der Waals surface area (Å²) in [5.74, 6) is 0.337. The number of nitrogens with zero attached hydrogens (tertiary/aromatic N) is 3. The van der Waals surface area contributed by atoms with Crippen LogP contribution in [0.2, 0.25) is 0 Å². The maximum atomic E-state index is 12.4. The third kappa shape index (κ3) is 3.21. The van der Waals surface area contributed by atoms with Crippen LogP contribution in [0.5, 0.6) is 0 Å². The lowest BCUT2D eigenvalue weighted by molar-refractivity contribution is 0.0607. The van der Waals surface area contributed by atoms with Crippen LogP contribution in [0, 0.1) is 13.8 Å². The molecule has 0 radical (unpaired) electrons. The summed E-state index contributed by atoms with van der Waals surface area (Å²) in [6.45, 7) is 4.14. The van der Waals surface area contributed by atoms with Gasteiger partial charge in [-0.2, -0.15) is 5.21 Å². The van der Waals surface area contributed by atoms with Crippen molar-refractivity contribution < 1.29 is 9.53 Å². The van der Waals surface area contributed by atoms with Gasteiger partial charge in [-0.3, -0.25) is 0 Å². The van der Waals surface area contributed by atoms with E-state index < -0.39 is 0 Å². The molecule has 0 aliphatic carbocycles. The summed E-state index contributed by atoms with van der Waals surface area (Å²) in [6.07, 6.45) is 0.600. The second-order valence-corrected chi connectivity index (χ2v) is 7.48. The molecule has 0 spiro atoms. The Hall–Kier alpha value is -3.06. The second kappa shape index (κ2) is 6.92. The van der Waals surface area contributed by atoms with Crippen molar-refractivity contribution in [1.82, 2.24) is 20.6 Å². The van der Waals surface area contributed by atoms with Crippen molar-refractivity contribution in [3.05, 3.63) is 63.8 Å². The standard InChI is InChI=1S/C20H18N4O2S/c1-11-8-12(2)18-15(9-11)17(19(27-18)20(25)26-3)14-6-4-13(5-7-14)10-16-21-23-24-22-16/h4-9H,10H2,1-3H3,(H,21,22,23,24). The molecule has 0 saturated carbocycles.